The Labute approximate surface area is 534 Å². The van der Waals surface area contributed by atoms with Crippen LogP contribution in [0.5, 0.6) is 0 Å². The third-order valence-electron chi connectivity index (χ3n) is 13.8. The summed E-state index contributed by atoms with van der Waals surface area (Å²) in [4.78, 5) is 127. The zero-order chi connectivity index (χ0) is 64.9. The van der Waals surface area contributed by atoms with Crippen LogP contribution in [0.4, 0.5) is 0 Å². The molecule has 86 heavy (non-hydrogen) atoms. The van der Waals surface area contributed by atoms with Gasteiger partial charge in [-0.05, 0) is 75.9 Å². The molecule has 0 spiro atoms. The van der Waals surface area contributed by atoms with Crippen molar-refractivity contribution in [2.45, 2.75) is 167 Å². The minimum absolute atomic E-state index is 0.0185. The molecule has 11 unspecified atom stereocenters. The highest BCUT2D eigenvalue weighted by atomic mass is 32.2. The maximum absolute atomic E-state index is 14.4. The van der Waals surface area contributed by atoms with Gasteiger partial charge in [-0.3, -0.25) is 43.2 Å². The number of rotatable bonds is 23. The van der Waals surface area contributed by atoms with E-state index >= 15 is 0 Å². The van der Waals surface area contributed by atoms with Crippen LogP contribution in [-0.4, -0.2) is 198 Å². The monoisotopic (exact) mass is 1310 g/mol. The molecule has 3 rings (SSSR count). The summed E-state index contributed by atoms with van der Waals surface area (Å²) in [5, 5.41) is 46.5. The molecule has 476 valence electrons. The average molecular weight is 1310 g/mol. The highest BCUT2D eigenvalue weighted by Gasteiger charge is 2.39. The van der Waals surface area contributed by atoms with Crippen molar-refractivity contribution < 1.29 is 48.3 Å². The normalized spacial score (nSPS) is 22.7. The molecular formula is C56H86N14O10S6. The van der Waals surface area contributed by atoms with Crippen LogP contribution in [0.15, 0.2) is 53.8 Å². The van der Waals surface area contributed by atoms with Gasteiger partial charge in [-0.2, -0.15) is 11.8 Å². The van der Waals surface area contributed by atoms with Crippen molar-refractivity contribution in [1.82, 2.24) is 73.6 Å². The van der Waals surface area contributed by atoms with Crippen LogP contribution in [0.25, 0.3) is 0 Å². The molecule has 2 aliphatic heterocycles. The molecule has 0 saturated heterocycles. The number of ketones is 1. The van der Waals surface area contributed by atoms with E-state index in [9.17, 15) is 48.3 Å². The Morgan fingerprint density at radius 2 is 1.28 bits per heavy atom. The molecule has 1 aromatic carbocycles. The van der Waals surface area contributed by atoms with Crippen LogP contribution in [0, 0.1) is 11.8 Å². The smallest absolute Gasteiger partial charge is 0.287 e. The van der Waals surface area contributed by atoms with E-state index in [2.05, 4.69) is 63.8 Å². The lowest BCUT2D eigenvalue weighted by atomic mass is 10.0. The van der Waals surface area contributed by atoms with Gasteiger partial charge in [0.1, 0.15) is 48.4 Å². The van der Waals surface area contributed by atoms with Crippen molar-refractivity contribution in [2.75, 3.05) is 32.8 Å². The molecule has 13 N–H and O–H groups in total. The number of Topliss-reactive ketones (excluding diaryl/α,β-unsaturated/α-hetero) is 1. The largest absolute Gasteiger partial charge is 0.384 e. The van der Waals surface area contributed by atoms with Gasteiger partial charge >= 0.3 is 0 Å². The van der Waals surface area contributed by atoms with E-state index in [1.165, 1.54) is 32.4 Å². The predicted octanol–water partition coefficient (Wildman–Crippen LogP) is 0.278. The van der Waals surface area contributed by atoms with E-state index in [1.807, 2.05) is 20.1 Å². The molecule has 2 aliphatic rings. The highest BCUT2D eigenvalue weighted by molar-refractivity contribution is 8.02. The lowest BCUT2D eigenvalue weighted by Gasteiger charge is -2.30. The van der Waals surface area contributed by atoms with Crippen molar-refractivity contribution in [3.05, 3.63) is 59.4 Å². The maximum Gasteiger partial charge on any atom is 0.287 e. The Bertz CT molecular complexity index is 2710. The standard InChI is InChI=1S/C56H86N14O10S6/c1-27(2)40-51(79)58-29(5)46(74)63-38(24-36-18-16-15-17-19-36)49(77)68-43(44(72)39-25-69(12)26-70(39)13)50(78)57-21-23-86-35(11)42(52(80)65-40)67-47(75)31(7)60-54(82)33(9)62-53(81)32(8)59-45(73)30(6)61-55(83)37(20-22-85-14)64-56(84)41(28(3)4)66-48(76)34(10)71/h15-19,21,23,25,27-33,35,37-38,40-44,72H,20,22,24,26H2,1-14H3,(H,57,78)(H,58,79)(H,59,73)(H,60,82)(H,61,83)(H,62,81)(H,63,74)(H,64,84)(H,65,80)(H,66,76)(H,67,75)(H,68,77)/b23-21-/t29?,30-,31?,32?,33?,35?,37?,38-,40?,41?,42?,43?,44?/m0/s1. The van der Waals surface area contributed by atoms with Crippen LogP contribution in [0.2, 0.25) is 0 Å². The van der Waals surface area contributed by atoms with E-state index in [0.717, 1.165) is 11.8 Å². The van der Waals surface area contributed by atoms with Gasteiger partial charge in [0.15, 0.2) is 0 Å². The minimum Gasteiger partial charge on any atom is -0.384 e. The van der Waals surface area contributed by atoms with Gasteiger partial charge in [-0.25, -0.2) is 0 Å². The number of thioether (sulfide) groups is 2. The summed E-state index contributed by atoms with van der Waals surface area (Å²) in [7, 11) is 3.49. The summed E-state index contributed by atoms with van der Waals surface area (Å²) >= 11 is 25.4. The number of nitrogens with zero attached hydrogens (tertiary/aromatic N) is 2. The third-order valence-corrected chi connectivity index (χ3v) is 17.1. The minimum atomic E-state index is -1.58. The lowest BCUT2D eigenvalue weighted by molar-refractivity contribution is -0.137. The van der Waals surface area contributed by atoms with Gasteiger partial charge in [0.05, 0.1) is 56.5 Å². The van der Waals surface area contributed by atoms with E-state index in [-0.39, 0.29) is 27.3 Å². The van der Waals surface area contributed by atoms with Gasteiger partial charge in [0, 0.05) is 45.1 Å². The number of hydrogen-bond acceptors (Lipinski definition) is 18. The van der Waals surface area contributed by atoms with E-state index in [1.54, 1.807) is 114 Å². The average Bonchev–Trinajstić information content (AvgIpc) is 3.37. The second-order valence-electron chi connectivity index (χ2n) is 21.9. The first kappa shape index (κ1) is 74.2. The van der Waals surface area contributed by atoms with Gasteiger partial charge in [0.2, 0.25) is 47.1 Å². The molecule has 1 aromatic rings. The Morgan fingerprint density at radius 3 is 1.85 bits per heavy atom. The fourth-order valence-corrected chi connectivity index (χ4v) is 11.1. The molecule has 30 heteroatoms. The molecule has 2 heterocycles. The van der Waals surface area contributed by atoms with Crippen LogP contribution in [0.1, 0.15) is 88.1 Å². The van der Waals surface area contributed by atoms with E-state index in [4.69, 9.17) is 48.9 Å². The predicted molar refractivity (Wildman–Crippen MR) is 352 cm³/mol. The maximum atomic E-state index is 14.4. The highest BCUT2D eigenvalue weighted by Crippen LogP contribution is 2.21. The van der Waals surface area contributed by atoms with Gasteiger partial charge in [-0.15, -0.1) is 11.8 Å². The second kappa shape index (κ2) is 35.7. The topological polar surface area (TPSA) is 325 Å². The van der Waals surface area contributed by atoms with Gasteiger partial charge in [-0.1, -0.05) is 114 Å². The van der Waals surface area contributed by atoms with Gasteiger partial charge < -0.3 is 78.7 Å². The number of benzene rings is 1. The molecule has 0 radical (unpaired) electrons. The molecule has 0 fully saturated rings. The zero-order valence-corrected chi connectivity index (χ0v) is 56.0. The molecule has 0 aliphatic carbocycles. The van der Waals surface area contributed by atoms with E-state index < -0.39 is 137 Å². The Hall–Kier alpha value is -6.05. The summed E-state index contributed by atoms with van der Waals surface area (Å²) in [6.07, 6.45) is 3.80. The molecule has 0 aromatic heterocycles. The number of nitrogens with one attached hydrogen (secondary N) is 12. The van der Waals surface area contributed by atoms with Crippen LogP contribution >= 0.6 is 72.4 Å². The zero-order valence-electron chi connectivity index (χ0n) is 51.1. The number of amides is 8. The van der Waals surface area contributed by atoms with Crippen molar-refractivity contribution in [3.8, 4) is 0 Å². The summed E-state index contributed by atoms with van der Waals surface area (Å²) in [5.74, 6) is -6.31. The number of aliphatic hydroxyl groups excluding tert-OH is 1. The fraction of sp³-hybridized carbons (Fsp3) is 0.589. The summed E-state index contributed by atoms with van der Waals surface area (Å²) in [5.41, 5.74) is 1.00. The van der Waals surface area contributed by atoms with Gasteiger partial charge in [0.25, 0.3) is 5.91 Å². The van der Waals surface area contributed by atoms with E-state index in [0.29, 0.717) is 35.1 Å². The second-order valence-corrected chi connectivity index (χ2v) is 26.0. The first-order chi connectivity index (χ1) is 40.3. The molecular weight excluding hydrogens is 1220 g/mol. The fourth-order valence-electron chi connectivity index (χ4n) is 8.56. The Balaban J connectivity index is 1.78. The molecule has 0 bridgehead atoms. The number of hydrogen-bond donors (Lipinski definition) is 13. The van der Waals surface area contributed by atoms with Crippen LogP contribution in [0.3, 0.4) is 0 Å². The number of likely N-dealkylation sites (N-methyl/N-ethyl adjacent to an activating group) is 1. The first-order valence-corrected chi connectivity index (χ1v) is 32.0. The van der Waals surface area contributed by atoms with Crippen LogP contribution < -0.4 is 63.8 Å². The van der Waals surface area contributed by atoms with Crippen LogP contribution in [-0.2, 0) is 49.6 Å². The first-order valence-electron chi connectivity index (χ1n) is 28.1. The number of carbonyl (C=O) groups excluding carboxylic acids is 9. The molecule has 8 amide bonds. The Morgan fingerprint density at radius 1 is 0.698 bits per heavy atom. The summed E-state index contributed by atoms with van der Waals surface area (Å²) < 4.78 is 0. The van der Waals surface area contributed by atoms with Crippen molar-refractivity contribution >= 4 is 145 Å². The number of aliphatic hydroxyl groups is 1. The third kappa shape index (κ3) is 23.2. The Kier molecular flexibility index (Phi) is 30.8. The number of thiocarbonyl (C=S) groups is 4. The quantitative estimate of drug-likeness (QED) is 0.0517. The molecule has 13 atom stereocenters. The SMILES string of the molecule is CSCCC(NC(=S)C(NC(=O)C(C)=O)C(C)C)C(=S)N[C@@H](C)C(=O)NC(C)C(=S)NC(C)C(=S)NC(C)C(=O)NC1C(=O)NC(C(C)C)C(=O)NC(C)C(=O)N[C@@H](Cc2ccccc2)C(=O)NC(C(O)C2=CN(C)CN2C)C(=O)N/C=C\SC1C. The summed E-state index contributed by atoms with van der Waals surface area (Å²) in [6.45, 7) is 18.2. The summed E-state index contributed by atoms with van der Waals surface area (Å²) in [6, 6.07) is -2.23. The van der Waals surface area contributed by atoms with Crippen molar-refractivity contribution in [2.24, 2.45) is 11.8 Å². The number of carbonyl (C=O) groups is 9. The molecule has 24 nitrogen and oxygen atoms in total. The lowest BCUT2D eigenvalue weighted by Crippen LogP contribution is -2.62. The van der Waals surface area contributed by atoms with Crippen molar-refractivity contribution in [1.29, 1.82) is 0 Å². The molecule has 0 saturated carbocycles. The van der Waals surface area contributed by atoms with Crippen molar-refractivity contribution in [3.63, 3.8) is 0 Å².